The lowest BCUT2D eigenvalue weighted by molar-refractivity contribution is -0.142. The van der Waals surface area contributed by atoms with Crippen LogP contribution in [0.3, 0.4) is 0 Å². The van der Waals surface area contributed by atoms with Gasteiger partial charge in [0.15, 0.2) is 24.5 Å². The maximum Gasteiger partial charge on any atom is 0.343 e. The number of nitrogen functional groups attached to an aromatic ring is 2. The van der Waals surface area contributed by atoms with Crippen LogP contribution in [-0.2, 0) is 51.0 Å². The van der Waals surface area contributed by atoms with Crippen LogP contribution in [0.25, 0.3) is 21.2 Å². The molecular weight excluding hydrogens is 985 g/mol. The van der Waals surface area contributed by atoms with Gasteiger partial charge in [-0.2, -0.15) is 0 Å². The van der Waals surface area contributed by atoms with Crippen LogP contribution in [0.1, 0.15) is 86.6 Å². The molecular formula is C54H56N8O12S. The highest BCUT2D eigenvalue weighted by atomic mass is 32.1. The zero-order valence-corrected chi connectivity index (χ0v) is 42.1. The molecule has 0 bridgehead atoms. The lowest BCUT2D eigenvalue weighted by Gasteiger charge is -2.18. The van der Waals surface area contributed by atoms with Gasteiger partial charge >= 0.3 is 11.9 Å². The number of amides is 5. The summed E-state index contributed by atoms with van der Waals surface area (Å²) < 4.78 is 20.8. The van der Waals surface area contributed by atoms with Crippen molar-refractivity contribution in [3.8, 4) is 16.2 Å². The molecule has 20 nitrogen and oxygen atoms in total. The molecule has 0 saturated carbocycles. The Bertz CT molecular complexity index is 3180. The van der Waals surface area contributed by atoms with Gasteiger partial charge in [0.25, 0.3) is 17.7 Å². The molecule has 5 aromatic carbocycles. The van der Waals surface area contributed by atoms with E-state index in [1.807, 2.05) is 74.5 Å². The maximum atomic E-state index is 13.9. The molecule has 0 aliphatic carbocycles. The third kappa shape index (κ3) is 13.3. The lowest BCUT2D eigenvalue weighted by atomic mass is 9.98. The molecule has 11 N–H and O–H groups in total. The summed E-state index contributed by atoms with van der Waals surface area (Å²) in [6.07, 6.45) is -5.79. The van der Waals surface area contributed by atoms with Crippen LogP contribution in [0.5, 0.6) is 5.75 Å². The number of aliphatic hydroxyl groups excluding tert-OH is 1. The van der Waals surface area contributed by atoms with E-state index in [0.29, 0.717) is 39.2 Å². The van der Waals surface area contributed by atoms with Gasteiger partial charge in [-0.05, 0) is 127 Å². The normalized spacial score (nSPS) is 17.6. The van der Waals surface area contributed by atoms with E-state index in [2.05, 4.69) is 37.1 Å². The van der Waals surface area contributed by atoms with Crippen molar-refractivity contribution in [3.63, 3.8) is 0 Å². The number of nitrogens with two attached hydrogens (primary N) is 2. The largest absolute Gasteiger partial charge is 0.467 e. The minimum Gasteiger partial charge on any atom is -0.467 e. The second-order valence-corrected chi connectivity index (χ2v) is 19.4. The second kappa shape index (κ2) is 23.3. The average Bonchev–Trinajstić information content (AvgIpc) is 4.34. The summed E-state index contributed by atoms with van der Waals surface area (Å²) in [6, 6.07) is 31.5. The molecule has 7 atom stereocenters. The predicted octanol–water partition coefficient (Wildman–Crippen LogP) is 4.29. The Labute approximate surface area is 434 Å². The Hall–Kier alpha value is -8.21. The predicted molar refractivity (Wildman–Crippen MR) is 277 cm³/mol. The monoisotopic (exact) mass is 1040 g/mol. The fourth-order valence-corrected chi connectivity index (χ4v) is 9.30. The summed E-state index contributed by atoms with van der Waals surface area (Å²) in [5.41, 5.74) is 26.1. The standard InChI is InChI=1S/C54H56N8O12S/c1-27-12-19-42(75-27)34-22-33(28(2)57-49(65)40-25-35(55)17-13-31(40)15-20-43(63)59-61-51(67)45-47(73-45)53(69)71-4)23-37(24-34)72-54(70)48-46(74-48)52(68)62-60-44(64)21-16-32-14-18-36(56)26-41(32)50(66)58-29(3)38-11-7-9-30-8-5-6-10-39(30)38/h5-14,17-19,22-26,28-29,45-48,52,62,68H,15-16,20-21,55-56H2,1-4H3,(H,57,65)(H,58,66)(H,59,63)(H,60,64)(H,61,67)/t28-,29-,45?,46?,47?,48?,52?/m1/s1. The number of thiophene rings is 1. The van der Waals surface area contributed by atoms with Crippen LogP contribution >= 0.6 is 11.3 Å². The van der Waals surface area contributed by atoms with Crippen molar-refractivity contribution in [3.05, 3.63) is 147 Å². The number of nitrogens with one attached hydrogen (secondary N) is 6. The van der Waals surface area contributed by atoms with Crippen LogP contribution < -0.4 is 48.5 Å². The topological polar surface area (TPSA) is 307 Å². The van der Waals surface area contributed by atoms with E-state index in [4.69, 9.17) is 25.7 Å². The summed E-state index contributed by atoms with van der Waals surface area (Å²) in [5, 5.41) is 19.0. The maximum absolute atomic E-state index is 13.9. The number of epoxide rings is 2. The fourth-order valence-electron chi connectivity index (χ4n) is 8.44. The summed E-state index contributed by atoms with van der Waals surface area (Å²) in [4.78, 5) is 92.3. The van der Waals surface area contributed by atoms with Gasteiger partial charge in [0, 0.05) is 45.1 Å². The van der Waals surface area contributed by atoms with E-state index in [0.717, 1.165) is 33.2 Å². The number of benzene rings is 5. The Morgan fingerprint density at radius 2 is 1.32 bits per heavy atom. The van der Waals surface area contributed by atoms with E-state index < -0.39 is 72.3 Å². The number of carbonyl (C=O) groups excluding carboxylic acids is 7. The molecule has 8 rings (SSSR count). The molecule has 2 fully saturated rings. The highest BCUT2D eigenvalue weighted by Crippen LogP contribution is 2.35. The third-order valence-corrected chi connectivity index (χ3v) is 13.6. The first-order valence-electron chi connectivity index (χ1n) is 24.0. The Morgan fingerprint density at radius 1 is 0.680 bits per heavy atom. The van der Waals surface area contributed by atoms with E-state index in [1.165, 1.54) is 17.4 Å². The van der Waals surface area contributed by atoms with Gasteiger partial charge in [-0.1, -0.05) is 54.6 Å². The molecule has 5 amide bonds. The SMILES string of the molecule is COC(=O)C1OC1C(=O)NNC(=O)CCc1ccc(N)cc1C(=O)N[C@H](C)c1cc(OC(=O)C2OC2C(O)NNC(=O)CCc2ccc(N)cc2C(=O)N[C@H](C)c2cccc3ccccc23)cc(-c2ccc(C)s2)c1. The molecule has 21 heteroatoms. The van der Waals surface area contributed by atoms with E-state index in [-0.39, 0.29) is 48.9 Å². The molecule has 2 saturated heterocycles. The van der Waals surface area contributed by atoms with Gasteiger partial charge in [0.2, 0.25) is 11.8 Å². The minimum atomic E-state index is -1.50. The van der Waals surface area contributed by atoms with Gasteiger partial charge in [-0.15, -0.1) is 11.3 Å². The van der Waals surface area contributed by atoms with Crippen LogP contribution in [-0.4, -0.2) is 84.3 Å². The first-order valence-corrected chi connectivity index (χ1v) is 24.8. The molecule has 0 spiro atoms. The molecule has 2 aliphatic heterocycles. The molecule has 390 valence electrons. The first-order chi connectivity index (χ1) is 36.0. The zero-order valence-electron chi connectivity index (χ0n) is 41.3. The zero-order chi connectivity index (χ0) is 53.5. The highest BCUT2D eigenvalue weighted by Gasteiger charge is 2.52. The molecule has 2 aliphatic rings. The minimum absolute atomic E-state index is 0.0670. The quantitative estimate of drug-likeness (QED) is 0.0129. The summed E-state index contributed by atoms with van der Waals surface area (Å²) in [7, 11) is 1.16. The molecule has 1 aromatic heterocycles. The third-order valence-electron chi connectivity index (χ3n) is 12.6. The average molecular weight is 1040 g/mol. The van der Waals surface area contributed by atoms with Crippen molar-refractivity contribution in [1.82, 2.24) is 32.3 Å². The summed E-state index contributed by atoms with van der Waals surface area (Å²) in [5.74, 6) is -4.02. The van der Waals surface area contributed by atoms with Crippen molar-refractivity contribution in [1.29, 1.82) is 0 Å². The number of esters is 2. The highest BCUT2D eigenvalue weighted by molar-refractivity contribution is 7.15. The van der Waals surface area contributed by atoms with Crippen LogP contribution in [0.4, 0.5) is 11.4 Å². The van der Waals surface area contributed by atoms with Gasteiger partial charge < -0.3 is 46.2 Å². The number of hydrogen-bond donors (Lipinski definition) is 9. The number of carbonyl (C=O) groups is 7. The van der Waals surface area contributed by atoms with Crippen LogP contribution in [0, 0.1) is 6.92 Å². The van der Waals surface area contributed by atoms with Crippen molar-refractivity contribution in [2.24, 2.45) is 0 Å². The van der Waals surface area contributed by atoms with Crippen LogP contribution in [0.2, 0.25) is 0 Å². The van der Waals surface area contributed by atoms with Crippen molar-refractivity contribution in [2.45, 2.75) is 89.2 Å². The number of aryl methyl sites for hydroxylation is 3. The van der Waals surface area contributed by atoms with E-state index in [9.17, 15) is 38.7 Å². The first kappa shape index (κ1) is 53.1. The molecule has 5 unspecified atom stereocenters. The van der Waals surface area contributed by atoms with Gasteiger partial charge in [0.1, 0.15) is 11.9 Å². The van der Waals surface area contributed by atoms with Crippen molar-refractivity contribution >= 4 is 75.0 Å². The fraction of sp³-hybridized carbons (Fsp3) is 0.278. The number of hydrazine groups is 2. The summed E-state index contributed by atoms with van der Waals surface area (Å²) >= 11 is 1.51. The molecule has 75 heavy (non-hydrogen) atoms. The summed E-state index contributed by atoms with van der Waals surface area (Å²) in [6.45, 7) is 5.60. The van der Waals surface area contributed by atoms with Gasteiger partial charge in [0.05, 0.1) is 19.2 Å². The lowest BCUT2D eigenvalue weighted by Crippen LogP contribution is -2.47. The number of aliphatic hydroxyl groups is 1. The number of hydrogen-bond acceptors (Lipinski definition) is 16. The molecule has 6 aromatic rings. The Balaban J connectivity index is 0.840. The van der Waals surface area contributed by atoms with Gasteiger partial charge in [-0.3, -0.25) is 40.3 Å². The Morgan fingerprint density at radius 3 is 1.97 bits per heavy atom. The number of methoxy groups -OCH3 is 1. The van der Waals surface area contributed by atoms with Crippen molar-refractivity contribution < 1.29 is 57.6 Å². The second-order valence-electron chi connectivity index (χ2n) is 18.1. The number of anilines is 2. The number of ether oxygens (including phenoxy) is 4. The van der Waals surface area contributed by atoms with Crippen molar-refractivity contribution in [2.75, 3.05) is 18.6 Å². The molecule has 0 radical (unpaired) electrons. The smallest absolute Gasteiger partial charge is 0.343 e. The Kier molecular flexibility index (Phi) is 16.5. The number of fused-ring (bicyclic) bond motifs is 1. The number of rotatable bonds is 20. The van der Waals surface area contributed by atoms with Crippen LogP contribution in [0.15, 0.2) is 109 Å². The van der Waals surface area contributed by atoms with Gasteiger partial charge in [-0.25, -0.2) is 15.0 Å². The molecule has 3 heterocycles. The van der Waals surface area contributed by atoms with E-state index in [1.54, 1.807) is 49.4 Å². The van der Waals surface area contributed by atoms with E-state index >= 15 is 0 Å².